The maximum atomic E-state index is 13.8. The van der Waals surface area contributed by atoms with Crippen LogP contribution in [0.5, 0.6) is 0 Å². The number of benzene rings is 2. The Hall–Kier alpha value is -3.15. The highest BCUT2D eigenvalue weighted by Crippen LogP contribution is 2.42. The summed E-state index contributed by atoms with van der Waals surface area (Å²) < 4.78 is 27.0. The summed E-state index contributed by atoms with van der Waals surface area (Å²) in [6, 6.07) is 13.1. The molecule has 0 saturated heterocycles. The fourth-order valence-corrected chi connectivity index (χ4v) is 4.87. The first-order chi connectivity index (χ1) is 15.1. The van der Waals surface area contributed by atoms with Crippen LogP contribution < -0.4 is 0 Å². The van der Waals surface area contributed by atoms with Gasteiger partial charge in [0.2, 0.25) is 0 Å². The molecule has 0 amide bonds. The number of aromatic nitrogens is 4. The molecule has 0 aliphatic heterocycles. The molecule has 2 aromatic heterocycles. The molecule has 4 aromatic rings. The average Bonchev–Trinajstić information content (AvgIpc) is 3.29. The maximum absolute atomic E-state index is 13.8. The third-order valence-corrected chi connectivity index (χ3v) is 6.71. The van der Waals surface area contributed by atoms with Gasteiger partial charge < -0.3 is 4.98 Å². The minimum atomic E-state index is -0.265. The summed E-state index contributed by atoms with van der Waals surface area (Å²) in [5, 5.41) is 9.56. The highest BCUT2D eigenvalue weighted by molar-refractivity contribution is 5.82. The molecule has 2 heterocycles. The van der Waals surface area contributed by atoms with Gasteiger partial charge in [-0.1, -0.05) is 6.92 Å². The number of hydrogen-bond acceptors (Lipinski definition) is 3. The van der Waals surface area contributed by atoms with Crippen LogP contribution >= 0.6 is 0 Å². The molecular weight excluding hydrogens is 394 g/mol. The number of fused-ring (bicyclic) bond motifs is 1. The summed E-state index contributed by atoms with van der Waals surface area (Å²) in [5.41, 5.74) is 2.88. The van der Waals surface area contributed by atoms with Crippen molar-refractivity contribution >= 4 is 10.9 Å². The average molecular weight is 418 g/mol. The van der Waals surface area contributed by atoms with Crippen LogP contribution in [0.25, 0.3) is 22.3 Å². The lowest BCUT2D eigenvalue weighted by Gasteiger charge is -2.32. The van der Waals surface area contributed by atoms with Crippen LogP contribution in [-0.4, -0.2) is 20.2 Å². The van der Waals surface area contributed by atoms with Crippen molar-refractivity contribution in [1.82, 2.24) is 20.2 Å². The Bertz CT molecular complexity index is 1190. The Labute approximate surface area is 179 Å². The minimum absolute atomic E-state index is 0.216. The summed E-state index contributed by atoms with van der Waals surface area (Å²) in [4.78, 5) is 7.71. The van der Waals surface area contributed by atoms with Crippen molar-refractivity contribution in [3.8, 4) is 11.4 Å². The van der Waals surface area contributed by atoms with E-state index in [-0.39, 0.29) is 17.6 Å². The minimum Gasteiger partial charge on any atom is -0.325 e. The first kappa shape index (κ1) is 19.8. The van der Waals surface area contributed by atoms with E-state index in [1.807, 2.05) is 12.3 Å². The van der Waals surface area contributed by atoms with Crippen LogP contribution in [-0.2, 0) is 0 Å². The molecule has 1 fully saturated rings. The fourth-order valence-electron chi connectivity index (χ4n) is 4.87. The van der Waals surface area contributed by atoms with E-state index in [0.717, 1.165) is 48.0 Å². The second kappa shape index (κ2) is 8.17. The molecule has 2 aromatic carbocycles. The summed E-state index contributed by atoms with van der Waals surface area (Å²) >= 11 is 0. The monoisotopic (exact) mass is 418 g/mol. The van der Waals surface area contributed by atoms with Crippen molar-refractivity contribution in [2.45, 2.75) is 44.4 Å². The summed E-state index contributed by atoms with van der Waals surface area (Å²) in [5.74, 6) is 2.24. The van der Waals surface area contributed by atoms with Crippen LogP contribution in [0.15, 0.2) is 54.7 Å². The molecule has 1 aliphatic rings. The van der Waals surface area contributed by atoms with Gasteiger partial charge in [0.05, 0.1) is 5.52 Å². The number of rotatable bonds is 4. The predicted octanol–water partition coefficient (Wildman–Crippen LogP) is 6.38. The Morgan fingerprint density at radius 2 is 1.65 bits per heavy atom. The Kier molecular flexibility index (Phi) is 5.22. The van der Waals surface area contributed by atoms with Gasteiger partial charge in [0.15, 0.2) is 5.82 Å². The second-order valence-corrected chi connectivity index (χ2v) is 8.53. The number of nitrogens with zero attached hydrogens (tertiary/aromatic N) is 3. The fraction of sp³-hybridized carbons (Fsp3) is 0.320. The number of hydrogen-bond donors (Lipinski definition) is 1. The third-order valence-electron chi connectivity index (χ3n) is 6.71. The molecule has 0 bridgehead atoms. The first-order valence-corrected chi connectivity index (χ1v) is 10.8. The molecule has 158 valence electrons. The lowest BCUT2D eigenvalue weighted by Crippen LogP contribution is -2.19. The van der Waals surface area contributed by atoms with Crippen molar-refractivity contribution in [3.05, 3.63) is 77.8 Å². The Balaban J connectivity index is 1.29. The molecule has 1 N–H and O–H groups in total. The van der Waals surface area contributed by atoms with Crippen LogP contribution in [0, 0.1) is 17.6 Å². The van der Waals surface area contributed by atoms with E-state index >= 15 is 0 Å². The van der Waals surface area contributed by atoms with Gasteiger partial charge in [-0.3, -0.25) is 4.98 Å². The van der Waals surface area contributed by atoms with Crippen molar-refractivity contribution in [1.29, 1.82) is 0 Å². The molecule has 4 nitrogen and oxygen atoms in total. The normalized spacial score (nSPS) is 20.1. The largest absolute Gasteiger partial charge is 0.325 e. The summed E-state index contributed by atoms with van der Waals surface area (Å²) in [6.07, 6.45) is 6.11. The molecule has 1 saturated carbocycles. The zero-order chi connectivity index (χ0) is 21.4. The zero-order valence-electron chi connectivity index (χ0n) is 17.4. The van der Waals surface area contributed by atoms with Gasteiger partial charge in [0.25, 0.3) is 0 Å². The molecule has 6 heteroatoms. The topological polar surface area (TPSA) is 54.5 Å². The number of H-pyrrole nitrogens is 1. The highest BCUT2D eigenvalue weighted by atomic mass is 19.1. The molecule has 31 heavy (non-hydrogen) atoms. The van der Waals surface area contributed by atoms with Gasteiger partial charge in [0.1, 0.15) is 17.5 Å². The molecule has 0 spiro atoms. The summed E-state index contributed by atoms with van der Waals surface area (Å²) in [6.45, 7) is 2.19. The standard InChI is InChI=1S/C25H24F2N4/c1-15(24-29-25(31-30-24)18-6-8-19(26)9-7-18)16-2-4-17(5-3-16)21-12-13-28-23-11-10-20(27)14-22(21)23/h6-17H,2-5H2,1H3,(H,29,30,31)/t15-,16-,17+/m1/s1. The smallest absolute Gasteiger partial charge is 0.161 e. The molecule has 0 unspecified atom stereocenters. The summed E-state index contributed by atoms with van der Waals surface area (Å²) in [7, 11) is 0. The van der Waals surface area contributed by atoms with E-state index in [1.54, 1.807) is 24.3 Å². The van der Waals surface area contributed by atoms with E-state index in [4.69, 9.17) is 0 Å². The van der Waals surface area contributed by atoms with E-state index in [9.17, 15) is 8.78 Å². The Morgan fingerprint density at radius 3 is 2.42 bits per heavy atom. The van der Waals surface area contributed by atoms with E-state index in [2.05, 4.69) is 27.1 Å². The highest BCUT2D eigenvalue weighted by Gasteiger charge is 2.29. The maximum Gasteiger partial charge on any atom is 0.161 e. The van der Waals surface area contributed by atoms with Crippen molar-refractivity contribution in [2.75, 3.05) is 0 Å². The molecule has 5 rings (SSSR count). The second-order valence-electron chi connectivity index (χ2n) is 8.53. The lowest BCUT2D eigenvalue weighted by atomic mass is 9.73. The zero-order valence-corrected chi connectivity index (χ0v) is 17.4. The molecule has 1 aliphatic carbocycles. The van der Waals surface area contributed by atoms with Crippen LogP contribution in [0.1, 0.15) is 55.8 Å². The number of pyridine rings is 1. The number of nitrogens with one attached hydrogen (secondary N) is 1. The van der Waals surface area contributed by atoms with Gasteiger partial charge in [-0.05, 0) is 91.6 Å². The Morgan fingerprint density at radius 1 is 0.903 bits per heavy atom. The molecule has 0 radical (unpaired) electrons. The first-order valence-electron chi connectivity index (χ1n) is 10.8. The third kappa shape index (κ3) is 3.94. The van der Waals surface area contributed by atoms with Crippen molar-refractivity contribution < 1.29 is 8.78 Å². The van der Waals surface area contributed by atoms with Crippen LogP contribution in [0.2, 0.25) is 0 Å². The van der Waals surface area contributed by atoms with E-state index in [1.165, 1.54) is 23.8 Å². The van der Waals surface area contributed by atoms with E-state index in [0.29, 0.717) is 17.7 Å². The van der Waals surface area contributed by atoms with E-state index < -0.39 is 0 Å². The van der Waals surface area contributed by atoms with Crippen LogP contribution in [0.4, 0.5) is 8.78 Å². The van der Waals surface area contributed by atoms with Gasteiger partial charge >= 0.3 is 0 Å². The van der Waals surface area contributed by atoms with Gasteiger partial charge in [-0.15, -0.1) is 10.2 Å². The predicted molar refractivity (Wildman–Crippen MR) is 117 cm³/mol. The number of aromatic amines is 1. The van der Waals surface area contributed by atoms with Gasteiger partial charge in [-0.25, -0.2) is 8.78 Å². The van der Waals surface area contributed by atoms with Crippen molar-refractivity contribution in [3.63, 3.8) is 0 Å². The SMILES string of the molecule is C[C@@H](c1nnc(-c2ccc(F)cc2)[nH]1)[C@H]1CC[C@@H](c2ccnc3ccc(F)cc32)CC1. The van der Waals surface area contributed by atoms with Crippen LogP contribution in [0.3, 0.4) is 0 Å². The lowest BCUT2D eigenvalue weighted by molar-refractivity contribution is 0.286. The number of halogens is 2. The van der Waals surface area contributed by atoms with Gasteiger partial charge in [0, 0.05) is 23.1 Å². The van der Waals surface area contributed by atoms with Gasteiger partial charge in [-0.2, -0.15) is 0 Å². The van der Waals surface area contributed by atoms with Crippen molar-refractivity contribution in [2.24, 2.45) is 5.92 Å². The molecular formula is C25H24F2N4. The molecule has 1 atom stereocenters. The quantitative estimate of drug-likeness (QED) is 0.419.